The number of hydrogen-bond donors (Lipinski definition) is 2. The number of aromatic carboxylic acids is 1. The summed E-state index contributed by atoms with van der Waals surface area (Å²) in [7, 11) is 0. The van der Waals surface area contributed by atoms with Gasteiger partial charge in [0.25, 0.3) is 0 Å². The molecule has 1 heterocycles. The fourth-order valence-corrected chi connectivity index (χ4v) is 3.48. The summed E-state index contributed by atoms with van der Waals surface area (Å²) in [6, 6.07) is 11.7. The van der Waals surface area contributed by atoms with Crippen LogP contribution in [-0.4, -0.2) is 96.7 Å². The zero-order valence-electron chi connectivity index (χ0n) is 16.5. The fraction of sp³-hybridized carbons (Fsp3) is 0.286. The van der Waals surface area contributed by atoms with Crippen molar-refractivity contribution in [3.8, 4) is 0 Å². The number of ether oxygens (including phenoxy) is 1. The van der Waals surface area contributed by atoms with E-state index in [1.807, 2.05) is 24.3 Å². The third-order valence-electron chi connectivity index (χ3n) is 4.77. The molecule has 2 aromatic carbocycles. The molecule has 1 aliphatic heterocycles. The Morgan fingerprint density at radius 1 is 0.938 bits per heavy atom. The second kappa shape index (κ2) is 12.4. The van der Waals surface area contributed by atoms with E-state index in [4.69, 9.17) is 27.9 Å². The number of amides is 2. The van der Waals surface area contributed by atoms with Crippen molar-refractivity contribution in [2.45, 2.75) is 0 Å². The van der Waals surface area contributed by atoms with Crippen LogP contribution in [0.25, 0.3) is 0 Å². The Balaban J connectivity index is 0.00000363. The van der Waals surface area contributed by atoms with Crippen LogP contribution in [0.15, 0.2) is 42.5 Å². The SMILES string of the molecule is O=C(COCC(=O)N1CCN(c2ccc(Cl)cc2)CC1)Nc1ccc(Cl)cc1C(=O)O.[NaH]. The van der Waals surface area contributed by atoms with Crippen molar-refractivity contribution in [2.24, 2.45) is 0 Å². The van der Waals surface area contributed by atoms with E-state index in [1.165, 1.54) is 18.2 Å². The Morgan fingerprint density at radius 2 is 1.56 bits per heavy atom. The van der Waals surface area contributed by atoms with Crippen LogP contribution in [0.2, 0.25) is 10.0 Å². The number of carboxylic acids is 1. The molecule has 2 N–H and O–H groups in total. The predicted molar refractivity (Wildman–Crippen MR) is 125 cm³/mol. The first kappa shape index (κ1) is 26.4. The number of halogens is 2. The molecular formula is C21H22Cl2N3NaO5. The van der Waals surface area contributed by atoms with E-state index in [1.54, 1.807) is 4.90 Å². The molecule has 0 aromatic heterocycles. The standard InChI is InChI=1S/C21H21Cl2N3O5.Na.H/c22-14-1-4-16(5-2-14)25-7-9-26(10-8-25)20(28)13-31-12-19(27)24-18-6-3-15(23)11-17(18)21(29)30;;/h1-6,11H,7-10,12-13H2,(H,24,27)(H,29,30);;. The van der Waals surface area contributed by atoms with Crippen molar-refractivity contribution in [2.75, 3.05) is 49.6 Å². The first-order valence-electron chi connectivity index (χ1n) is 9.52. The summed E-state index contributed by atoms with van der Waals surface area (Å²) in [5.41, 5.74) is 1.03. The van der Waals surface area contributed by atoms with Crippen molar-refractivity contribution >= 4 is 81.9 Å². The molecule has 1 fully saturated rings. The molecule has 32 heavy (non-hydrogen) atoms. The van der Waals surface area contributed by atoms with Gasteiger partial charge in [0, 0.05) is 41.9 Å². The third-order valence-corrected chi connectivity index (χ3v) is 5.26. The number of rotatable bonds is 7. The van der Waals surface area contributed by atoms with E-state index >= 15 is 0 Å². The van der Waals surface area contributed by atoms with Crippen LogP contribution in [0, 0.1) is 0 Å². The number of carboxylic acid groups (broad SMARTS) is 1. The van der Waals surface area contributed by atoms with Gasteiger partial charge in [-0.05, 0) is 42.5 Å². The quantitative estimate of drug-likeness (QED) is 0.579. The summed E-state index contributed by atoms with van der Waals surface area (Å²) in [4.78, 5) is 39.5. The van der Waals surface area contributed by atoms with Crippen molar-refractivity contribution < 1.29 is 24.2 Å². The summed E-state index contributed by atoms with van der Waals surface area (Å²) in [5, 5.41) is 12.6. The molecule has 0 saturated carbocycles. The van der Waals surface area contributed by atoms with E-state index in [0.29, 0.717) is 31.2 Å². The molecule has 0 aliphatic carbocycles. The topological polar surface area (TPSA) is 99.2 Å². The average Bonchev–Trinajstić information content (AvgIpc) is 2.75. The molecule has 3 rings (SSSR count). The van der Waals surface area contributed by atoms with Gasteiger partial charge in [0.15, 0.2) is 0 Å². The molecule has 2 aromatic rings. The summed E-state index contributed by atoms with van der Waals surface area (Å²) < 4.78 is 5.23. The van der Waals surface area contributed by atoms with Crippen LogP contribution in [0.1, 0.15) is 10.4 Å². The summed E-state index contributed by atoms with van der Waals surface area (Å²) in [5.74, 6) is -1.99. The zero-order valence-corrected chi connectivity index (χ0v) is 18.0. The number of benzene rings is 2. The van der Waals surface area contributed by atoms with E-state index in [-0.39, 0.29) is 65.0 Å². The molecular weight excluding hydrogens is 468 g/mol. The first-order chi connectivity index (χ1) is 14.8. The van der Waals surface area contributed by atoms with Crippen LogP contribution in [-0.2, 0) is 14.3 Å². The molecule has 0 bridgehead atoms. The van der Waals surface area contributed by atoms with E-state index < -0.39 is 11.9 Å². The average molecular weight is 490 g/mol. The van der Waals surface area contributed by atoms with Gasteiger partial charge in [-0.25, -0.2) is 4.79 Å². The van der Waals surface area contributed by atoms with Crippen molar-refractivity contribution in [1.29, 1.82) is 0 Å². The van der Waals surface area contributed by atoms with Crippen molar-refractivity contribution in [1.82, 2.24) is 4.90 Å². The number of carbonyl (C=O) groups is 3. The minimum absolute atomic E-state index is 0. The Labute approximate surface area is 217 Å². The molecule has 2 amide bonds. The number of nitrogens with one attached hydrogen (secondary N) is 1. The Bertz CT molecular complexity index is 966. The van der Waals surface area contributed by atoms with Gasteiger partial charge in [-0.15, -0.1) is 0 Å². The van der Waals surface area contributed by atoms with E-state index in [9.17, 15) is 19.5 Å². The molecule has 0 spiro atoms. The Hall–Kier alpha value is -1.81. The molecule has 8 nitrogen and oxygen atoms in total. The molecule has 1 aliphatic rings. The number of carbonyl (C=O) groups excluding carboxylic acids is 2. The zero-order chi connectivity index (χ0) is 22.4. The van der Waals surface area contributed by atoms with Gasteiger partial charge in [-0.2, -0.15) is 0 Å². The number of nitrogens with zero attached hydrogens (tertiary/aromatic N) is 2. The maximum absolute atomic E-state index is 12.3. The minimum atomic E-state index is -1.22. The number of anilines is 2. The Kier molecular flexibility index (Phi) is 10.3. The maximum atomic E-state index is 12.3. The van der Waals surface area contributed by atoms with Gasteiger partial charge < -0.3 is 25.0 Å². The second-order valence-corrected chi connectivity index (χ2v) is 7.75. The van der Waals surface area contributed by atoms with Crippen LogP contribution in [0.4, 0.5) is 11.4 Å². The molecule has 1 saturated heterocycles. The second-order valence-electron chi connectivity index (χ2n) is 6.88. The molecule has 0 unspecified atom stereocenters. The van der Waals surface area contributed by atoms with Gasteiger partial charge in [0.2, 0.25) is 11.8 Å². The van der Waals surface area contributed by atoms with Gasteiger partial charge in [-0.3, -0.25) is 9.59 Å². The van der Waals surface area contributed by atoms with Crippen molar-refractivity contribution in [3.05, 3.63) is 58.1 Å². The van der Waals surface area contributed by atoms with Gasteiger partial charge in [0.05, 0.1) is 11.3 Å². The molecule has 166 valence electrons. The van der Waals surface area contributed by atoms with Crippen molar-refractivity contribution in [3.63, 3.8) is 0 Å². The first-order valence-corrected chi connectivity index (χ1v) is 10.3. The van der Waals surface area contributed by atoms with Crippen LogP contribution >= 0.6 is 23.2 Å². The monoisotopic (exact) mass is 489 g/mol. The number of piperazine rings is 1. The molecule has 0 atom stereocenters. The molecule has 0 radical (unpaired) electrons. The summed E-state index contributed by atoms with van der Waals surface area (Å²) in [6.45, 7) is 1.84. The number of hydrogen-bond acceptors (Lipinski definition) is 5. The van der Waals surface area contributed by atoms with Crippen LogP contribution < -0.4 is 10.2 Å². The normalized spacial score (nSPS) is 13.3. The van der Waals surface area contributed by atoms with Gasteiger partial charge in [-0.1, -0.05) is 23.2 Å². The van der Waals surface area contributed by atoms with Crippen LogP contribution in [0.3, 0.4) is 0 Å². The fourth-order valence-electron chi connectivity index (χ4n) is 3.18. The van der Waals surface area contributed by atoms with E-state index in [0.717, 1.165) is 5.69 Å². The van der Waals surface area contributed by atoms with Gasteiger partial charge >= 0.3 is 35.5 Å². The predicted octanol–water partition coefficient (Wildman–Crippen LogP) is 2.35. The summed E-state index contributed by atoms with van der Waals surface area (Å²) in [6.07, 6.45) is 0. The summed E-state index contributed by atoms with van der Waals surface area (Å²) >= 11 is 11.7. The van der Waals surface area contributed by atoms with E-state index in [2.05, 4.69) is 10.2 Å². The molecule has 11 heteroatoms. The Morgan fingerprint density at radius 3 is 2.19 bits per heavy atom. The van der Waals surface area contributed by atoms with Crippen LogP contribution in [0.5, 0.6) is 0 Å². The third kappa shape index (κ3) is 7.37. The van der Waals surface area contributed by atoms with Gasteiger partial charge in [0.1, 0.15) is 13.2 Å².